The standard InChI is InChI=1S/C17H25N3O/c1-19(2)12-13-6-9-20(10-7-13)17(21)15-3-4-16-14(11-15)5-8-18-16/h3-4,11,13,18H,5-10,12H2,1-2H3. The molecule has 114 valence electrons. The summed E-state index contributed by atoms with van der Waals surface area (Å²) in [5.74, 6) is 0.932. The molecule has 0 spiro atoms. The fourth-order valence-electron chi connectivity index (χ4n) is 3.46. The van der Waals surface area contributed by atoms with E-state index in [4.69, 9.17) is 0 Å². The third kappa shape index (κ3) is 3.21. The van der Waals surface area contributed by atoms with Crippen molar-refractivity contribution in [2.45, 2.75) is 19.3 Å². The molecule has 0 aromatic heterocycles. The molecule has 0 saturated carbocycles. The largest absolute Gasteiger partial charge is 0.384 e. The molecule has 0 radical (unpaired) electrons. The number of benzene rings is 1. The van der Waals surface area contributed by atoms with Crippen molar-refractivity contribution >= 4 is 11.6 Å². The Bertz CT molecular complexity index is 519. The molecule has 1 saturated heterocycles. The van der Waals surface area contributed by atoms with Gasteiger partial charge in [0, 0.05) is 37.4 Å². The van der Waals surface area contributed by atoms with E-state index in [1.165, 1.54) is 11.3 Å². The third-order valence-corrected chi connectivity index (χ3v) is 4.59. The molecule has 3 rings (SSSR count). The Morgan fingerprint density at radius 3 is 2.81 bits per heavy atom. The lowest BCUT2D eigenvalue weighted by Gasteiger charge is -2.33. The maximum Gasteiger partial charge on any atom is 0.253 e. The number of hydrogen-bond acceptors (Lipinski definition) is 3. The molecule has 0 atom stereocenters. The summed E-state index contributed by atoms with van der Waals surface area (Å²) < 4.78 is 0. The Morgan fingerprint density at radius 1 is 1.33 bits per heavy atom. The van der Waals surface area contributed by atoms with Gasteiger partial charge in [0.2, 0.25) is 0 Å². The first-order valence-electron chi connectivity index (χ1n) is 7.94. The van der Waals surface area contributed by atoms with Gasteiger partial charge in [-0.25, -0.2) is 0 Å². The van der Waals surface area contributed by atoms with Gasteiger partial charge in [-0.1, -0.05) is 0 Å². The van der Waals surface area contributed by atoms with Crippen LogP contribution in [0.5, 0.6) is 0 Å². The Balaban J connectivity index is 1.61. The minimum Gasteiger partial charge on any atom is -0.384 e. The number of hydrogen-bond donors (Lipinski definition) is 1. The topological polar surface area (TPSA) is 35.6 Å². The van der Waals surface area contributed by atoms with E-state index in [1.54, 1.807) is 0 Å². The highest BCUT2D eigenvalue weighted by Crippen LogP contribution is 2.25. The molecule has 4 nitrogen and oxygen atoms in total. The van der Waals surface area contributed by atoms with Gasteiger partial charge >= 0.3 is 0 Å². The average Bonchev–Trinajstić information content (AvgIpc) is 2.94. The summed E-state index contributed by atoms with van der Waals surface area (Å²) in [6, 6.07) is 6.09. The minimum absolute atomic E-state index is 0.202. The van der Waals surface area contributed by atoms with E-state index in [2.05, 4.69) is 30.4 Å². The van der Waals surface area contributed by atoms with Crippen molar-refractivity contribution in [1.82, 2.24) is 9.80 Å². The molecule has 1 amide bonds. The van der Waals surface area contributed by atoms with E-state index in [1.807, 2.05) is 17.0 Å². The lowest BCUT2D eigenvalue weighted by molar-refractivity contribution is 0.0678. The second kappa shape index (κ2) is 6.06. The molecule has 1 N–H and O–H groups in total. The normalized spacial score (nSPS) is 18.7. The first kappa shape index (κ1) is 14.4. The highest BCUT2D eigenvalue weighted by atomic mass is 16.2. The molecular formula is C17H25N3O. The molecule has 2 aliphatic rings. The first-order chi connectivity index (χ1) is 10.1. The van der Waals surface area contributed by atoms with Crippen LogP contribution in [0.2, 0.25) is 0 Å². The molecule has 0 unspecified atom stereocenters. The fourth-order valence-corrected chi connectivity index (χ4v) is 3.46. The summed E-state index contributed by atoms with van der Waals surface area (Å²) in [7, 11) is 4.24. The van der Waals surface area contributed by atoms with Crippen LogP contribution < -0.4 is 5.32 Å². The molecule has 0 aliphatic carbocycles. The van der Waals surface area contributed by atoms with Crippen molar-refractivity contribution in [1.29, 1.82) is 0 Å². The van der Waals surface area contributed by atoms with Crippen LogP contribution in [0, 0.1) is 5.92 Å². The quantitative estimate of drug-likeness (QED) is 0.924. The summed E-state index contributed by atoms with van der Waals surface area (Å²) >= 11 is 0. The Kier molecular flexibility index (Phi) is 4.15. The van der Waals surface area contributed by atoms with Gasteiger partial charge in [0.15, 0.2) is 0 Å². The third-order valence-electron chi connectivity index (χ3n) is 4.59. The maximum absolute atomic E-state index is 12.6. The lowest BCUT2D eigenvalue weighted by Crippen LogP contribution is -2.40. The number of anilines is 1. The molecule has 4 heteroatoms. The number of carbonyl (C=O) groups excluding carboxylic acids is 1. The van der Waals surface area contributed by atoms with Crippen molar-refractivity contribution in [3.05, 3.63) is 29.3 Å². The molecular weight excluding hydrogens is 262 g/mol. The van der Waals surface area contributed by atoms with E-state index in [0.717, 1.165) is 56.9 Å². The Hall–Kier alpha value is -1.55. The van der Waals surface area contributed by atoms with Crippen LogP contribution in [-0.2, 0) is 6.42 Å². The predicted octanol–water partition coefficient (Wildman–Crippen LogP) is 2.07. The Morgan fingerprint density at radius 2 is 2.10 bits per heavy atom. The number of carbonyl (C=O) groups is 1. The van der Waals surface area contributed by atoms with E-state index in [0.29, 0.717) is 0 Å². The van der Waals surface area contributed by atoms with Crippen LogP contribution >= 0.6 is 0 Å². The number of nitrogens with one attached hydrogen (secondary N) is 1. The zero-order valence-corrected chi connectivity index (χ0v) is 13.1. The van der Waals surface area contributed by atoms with Gasteiger partial charge in [-0.15, -0.1) is 0 Å². The zero-order valence-electron chi connectivity index (χ0n) is 13.1. The van der Waals surface area contributed by atoms with E-state index in [-0.39, 0.29) is 5.91 Å². The van der Waals surface area contributed by atoms with Crippen LogP contribution in [0.1, 0.15) is 28.8 Å². The van der Waals surface area contributed by atoms with Crippen molar-refractivity contribution in [3.63, 3.8) is 0 Å². The molecule has 2 heterocycles. The molecule has 1 fully saturated rings. The summed E-state index contributed by atoms with van der Waals surface area (Å²) in [5, 5.41) is 3.34. The monoisotopic (exact) mass is 287 g/mol. The minimum atomic E-state index is 0.202. The average molecular weight is 287 g/mol. The van der Waals surface area contributed by atoms with E-state index >= 15 is 0 Å². The van der Waals surface area contributed by atoms with Gasteiger partial charge in [0.1, 0.15) is 0 Å². The number of piperidine rings is 1. The molecule has 2 aliphatic heterocycles. The smallest absolute Gasteiger partial charge is 0.253 e. The Labute approximate surface area is 127 Å². The molecule has 0 bridgehead atoms. The van der Waals surface area contributed by atoms with Crippen LogP contribution in [0.4, 0.5) is 5.69 Å². The molecule has 21 heavy (non-hydrogen) atoms. The van der Waals surface area contributed by atoms with Crippen molar-refractivity contribution in [3.8, 4) is 0 Å². The second-order valence-corrected chi connectivity index (χ2v) is 6.55. The first-order valence-corrected chi connectivity index (χ1v) is 7.94. The predicted molar refractivity (Wildman–Crippen MR) is 85.8 cm³/mol. The van der Waals surface area contributed by atoms with Gasteiger partial charge in [-0.05, 0) is 63.0 Å². The van der Waals surface area contributed by atoms with Crippen LogP contribution in [0.15, 0.2) is 18.2 Å². The summed E-state index contributed by atoms with van der Waals surface area (Å²) in [6.07, 6.45) is 3.27. The van der Waals surface area contributed by atoms with Gasteiger partial charge in [-0.2, -0.15) is 0 Å². The highest BCUT2D eigenvalue weighted by Gasteiger charge is 2.24. The van der Waals surface area contributed by atoms with Gasteiger partial charge < -0.3 is 15.1 Å². The summed E-state index contributed by atoms with van der Waals surface area (Å²) in [6.45, 7) is 3.91. The van der Waals surface area contributed by atoms with Gasteiger partial charge in [-0.3, -0.25) is 4.79 Å². The fraction of sp³-hybridized carbons (Fsp3) is 0.588. The van der Waals surface area contributed by atoms with E-state index in [9.17, 15) is 4.79 Å². The van der Waals surface area contributed by atoms with Crippen molar-refractivity contribution in [2.24, 2.45) is 5.92 Å². The van der Waals surface area contributed by atoms with Crippen molar-refractivity contribution in [2.75, 3.05) is 45.6 Å². The lowest BCUT2D eigenvalue weighted by atomic mass is 9.95. The van der Waals surface area contributed by atoms with Crippen molar-refractivity contribution < 1.29 is 4.79 Å². The van der Waals surface area contributed by atoms with Gasteiger partial charge in [0.25, 0.3) is 5.91 Å². The van der Waals surface area contributed by atoms with Crippen LogP contribution in [-0.4, -0.2) is 56.0 Å². The van der Waals surface area contributed by atoms with Gasteiger partial charge in [0.05, 0.1) is 0 Å². The number of amides is 1. The van der Waals surface area contributed by atoms with E-state index < -0.39 is 0 Å². The summed E-state index contributed by atoms with van der Waals surface area (Å²) in [4.78, 5) is 16.9. The van der Waals surface area contributed by atoms with Crippen LogP contribution in [0.3, 0.4) is 0 Å². The molecule has 1 aromatic rings. The molecule has 1 aromatic carbocycles. The number of nitrogens with zero attached hydrogens (tertiary/aromatic N) is 2. The second-order valence-electron chi connectivity index (χ2n) is 6.55. The van der Waals surface area contributed by atoms with Crippen LogP contribution in [0.25, 0.3) is 0 Å². The SMILES string of the molecule is CN(C)CC1CCN(C(=O)c2ccc3c(c2)CCN3)CC1. The number of likely N-dealkylation sites (tertiary alicyclic amines) is 1. The number of fused-ring (bicyclic) bond motifs is 1. The zero-order chi connectivity index (χ0) is 14.8. The summed E-state index contributed by atoms with van der Waals surface area (Å²) in [5.41, 5.74) is 3.32. The number of rotatable bonds is 3. The maximum atomic E-state index is 12.6. The highest BCUT2D eigenvalue weighted by molar-refractivity contribution is 5.95.